The van der Waals surface area contributed by atoms with Gasteiger partial charge in [-0.1, -0.05) is 32.6 Å². The van der Waals surface area contributed by atoms with Gasteiger partial charge in [-0.2, -0.15) is 0 Å². The van der Waals surface area contributed by atoms with Crippen LogP contribution in [0.15, 0.2) is 0 Å². The van der Waals surface area contributed by atoms with Gasteiger partial charge < -0.3 is 9.47 Å². The van der Waals surface area contributed by atoms with Crippen molar-refractivity contribution in [1.82, 2.24) is 4.31 Å². The van der Waals surface area contributed by atoms with Gasteiger partial charge in [0.05, 0.1) is 17.9 Å². The first-order valence-electron chi connectivity index (χ1n) is 10.7. The summed E-state index contributed by atoms with van der Waals surface area (Å²) in [5, 5.41) is 0. The molecule has 6 atom stereocenters. The molecule has 2 bridgehead atoms. The third-order valence-electron chi connectivity index (χ3n) is 8.01. The van der Waals surface area contributed by atoms with E-state index in [1.165, 1.54) is 4.31 Å². The lowest BCUT2D eigenvalue weighted by Crippen LogP contribution is -2.45. The molecule has 162 valence electrons. The molecule has 6 nitrogen and oxygen atoms in total. The molecule has 0 aromatic rings. The van der Waals surface area contributed by atoms with E-state index >= 15 is 0 Å². The Balaban J connectivity index is 1.48. The maximum absolute atomic E-state index is 13.2. The summed E-state index contributed by atoms with van der Waals surface area (Å²) >= 11 is 0. The van der Waals surface area contributed by atoms with Gasteiger partial charge in [-0.15, -0.1) is 0 Å². The maximum Gasteiger partial charge on any atom is 0.240 e. The van der Waals surface area contributed by atoms with Crippen LogP contribution in [0, 0.1) is 34.5 Å². The van der Waals surface area contributed by atoms with Crippen LogP contribution in [-0.2, 0) is 24.3 Å². The Morgan fingerprint density at radius 1 is 1.24 bits per heavy atom. The van der Waals surface area contributed by atoms with Crippen LogP contribution in [0.4, 0.5) is 0 Å². The van der Waals surface area contributed by atoms with Crippen molar-refractivity contribution in [2.24, 2.45) is 22.7 Å². The first-order chi connectivity index (χ1) is 13.3. The van der Waals surface area contributed by atoms with E-state index in [9.17, 15) is 13.2 Å². The number of amides is 1. The molecule has 1 amide bonds. The standard InChI is InChI=1S/C22H33NO5S/c1-14(8-7-9-17-15(2)27-21(5,6)28-17)19(24)23-18-12-16-10-11-22(18,20(16,3)4)13-29(23,25)26/h14-18H,8,10-13H2,1-6H3/t14-,15-,16+,17-,18+,22+/m1/s1. The fraction of sp³-hybridized carbons (Fsp3) is 0.864. The number of carbonyl (C=O) groups excluding carboxylic acids is 1. The number of nitrogens with zero attached hydrogens (tertiary/aromatic N) is 1. The van der Waals surface area contributed by atoms with Gasteiger partial charge in [0, 0.05) is 17.8 Å². The monoisotopic (exact) mass is 423 g/mol. The van der Waals surface area contributed by atoms with Gasteiger partial charge in [0.2, 0.25) is 15.9 Å². The van der Waals surface area contributed by atoms with Crippen molar-refractivity contribution in [2.45, 2.75) is 91.3 Å². The number of fused-ring (bicyclic) bond motifs is 1. The number of ether oxygens (including phenoxy) is 2. The van der Waals surface area contributed by atoms with Crippen LogP contribution in [0.3, 0.4) is 0 Å². The molecule has 2 heterocycles. The lowest BCUT2D eigenvalue weighted by Gasteiger charge is -2.37. The topological polar surface area (TPSA) is 72.9 Å². The SMILES string of the molecule is C[C@H](CC#C[C@H]1OC(C)(C)O[C@@H]1C)C(=O)N1[C@H]2C[C@@H]3CC[C@@]2(CS1(=O)=O)C3(C)C. The molecular formula is C22H33NO5S. The fourth-order valence-corrected chi connectivity index (χ4v) is 8.91. The van der Waals surface area contributed by atoms with Crippen molar-refractivity contribution in [3.63, 3.8) is 0 Å². The van der Waals surface area contributed by atoms with Gasteiger partial charge in [0.25, 0.3) is 0 Å². The highest BCUT2D eigenvalue weighted by Crippen LogP contribution is 2.70. The molecule has 0 aromatic heterocycles. The molecule has 0 radical (unpaired) electrons. The van der Waals surface area contributed by atoms with E-state index in [-0.39, 0.29) is 40.7 Å². The maximum atomic E-state index is 13.2. The quantitative estimate of drug-likeness (QED) is 0.639. The Labute approximate surface area is 174 Å². The largest absolute Gasteiger partial charge is 0.344 e. The molecule has 0 unspecified atom stereocenters. The highest BCUT2D eigenvalue weighted by molar-refractivity contribution is 7.90. The summed E-state index contributed by atoms with van der Waals surface area (Å²) in [7, 11) is -3.58. The molecule has 29 heavy (non-hydrogen) atoms. The lowest BCUT2D eigenvalue weighted by molar-refractivity contribution is -0.140. The Morgan fingerprint density at radius 2 is 1.93 bits per heavy atom. The van der Waals surface area contributed by atoms with Gasteiger partial charge in [-0.25, -0.2) is 12.7 Å². The van der Waals surface area contributed by atoms with Crippen LogP contribution in [-0.4, -0.2) is 48.4 Å². The van der Waals surface area contributed by atoms with Crippen LogP contribution in [0.1, 0.15) is 67.2 Å². The molecule has 1 spiro atoms. The second-order valence-electron chi connectivity index (χ2n) is 10.4. The molecule has 2 saturated heterocycles. The number of carbonyl (C=O) groups is 1. The molecule has 2 aliphatic carbocycles. The molecule has 4 aliphatic rings. The molecule has 2 aliphatic heterocycles. The summed E-state index contributed by atoms with van der Waals surface area (Å²) in [4.78, 5) is 13.2. The summed E-state index contributed by atoms with van der Waals surface area (Å²) in [5.74, 6) is 5.26. The van der Waals surface area contributed by atoms with E-state index in [0.717, 1.165) is 19.3 Å². The Kier molecular flexibility index (Phi) is 4.70. The minimum atomic E-state index is -3.58. The van der Waals surface area contributed by atoms with Crippen LogP contribution in [0.2, 0.25) is 0 Å². The van der Waals surface area contributed by atoms with E-state index in [2.05, 4.69) is 25.7 Å². The van der Waals surface area contributed by atoms with Gasteiger partial charge >= 0.3 is 0 Å². The minimum absolute atomic E-state index is 0.0361. The summed E-state index contributed by atoms with van der Waals surface area (Å²) < 4.78 is 38.7. The molecule has 4 rings (SSSR count). The van der Waals surface area contributed by atoms with Crippen molar-refractivity contribution in [2.75, 3.05) is 5.75 Å². The molecule has 0 N–H and O–H groups in total. The predicted octanol–water partition coefficient (Wildman–Crippen LogP) is 2.92. The number of hydrogen-bond donors (Lipinski definition) is 0. The van der Waals surface area contributed by atoms with Crippen molar-refractivity contribution in [3.8, 4) is 11.8 Å². The molecule has 7 heteroatoms. The van der Waals surface area contributed by atoms with E-state index < -0.39 is 21.7 Å². The molecular weight excluding hydrogens is 390 g/mol. The van der Waals surface area contributed by atoms with E-state index in [0.29, 0.717) is 12.3 Å². The first kappa shape index (κ1) is 21.1. The van der Waals surface area contributed by atoms with Gasteiger partial charge in [0.15, 0.2) is 5.79 Å². The molecule has 0 aromatic carbocycles. The van der Waals surface area contributed by atoms with Crippen molar-refractivity contribution >= 4 is 15.9 Å². The predicted molar refractivity (Wildman–Crippen MR) is 109 cm³/mol. The van der Waals surface area contributed by atoms with Crippen LogP contribution in [0.5, 0.6) is 0 Å². The zero-order chi connectivity index (χ0) is 21.4. The molecule has 2 saturated carbocycles. The third kappa shape index (κ3) is 3.05. The zero-order valence-electron chi connectivity index (χ0n) is 18.3. The fourth-order valence-electron chi connectivity index (χ4n) is 6.28. The van der Waals surface area contributed by atoms with Gasteiger partial charge in [0.1, 0.15) is 6.10 Å². The van der Waals surface area contributed by atoms with Gasteiger partial charge in [-0.05, 0) is 51.4 Å². The Morgan fingerprint density at radius 3 is 2.52 bits per heavy atom. The van der Waals surface area contributed by atoms with Crippen LogP contribution < -0.4 is 0 Å². The highest BCUT2D eigenvalue weighted by Gasteiger charge is 2.72. The summed E-state index contributed by atoms with van der Waals surface area (Å²) in [6.07, 6.45) is 2.61. The number of sulfonamides is 1. The van der Waals surface area contributed by atoms with Crippen molar-refractivity contribution < 1.29 is 22.7 Å². The van der Waals surface area contributed by atoms with E-state index in [4.69, 9.17) is 9.47 Å². The van der Waals surface area contributed by atoms with Crippen LogP contribution >= 0.6 is 0 Å². The minimum Gasteiger partial charge on any atom is -0.344 e. The lowest BCUT2D eigenvalue weighted by atomic mass is 9.69. The Hall–Kier alpha value is -1.10. The first-order valence-corrected chi connectivity index (χ1v) is 12.3. The number of rotatable bonds is 2. The summed E-state index contributed by atoms with van der Waals surface area (Å²) in [6, 6.07) is -0.184. The van der Waals surface area contributed by atoms with Crippen molar-refractivity contribution in [3.05, 3.63) is 0 Å². The molecule has 4 fully saturated rings. The third-order valence-corrected chi connectivity index (χ3v) is 9.92. The second kappa shape index (κ2) is 6.45. The van der Waals surface area contributed by atoms with E-state index in [1.54, 1.807) is 6.92 Å². The second-order valence-corrected chi connectivity index (χ2v) is 12.3. The average Bonchev–Trinajstić information content (AvgIpc) is 3.16. The van der Waals surface area contributed by atoms with Crippen molar-refractivity contribution in [1.29, 1.82) is 0 Å². The normalized spacial score (nSPS) is 41.7. The smallest absolute Gasteiger partial charge is 0.240 e. The highest BCUT2D eigenvalue weighted by atomic mass is 32.2. The van der Waals surface area contributed by atoms with Gasteiger partial charge in [-0.3, -0.25) is 4.79 Å². The van der Waals surface area contributed by atoms with Crippen LogP contribution in [0.25, 0.3) is 0 Å². The average molecular weight is 424 g/mol. The zero-order valence-corrected chi connectivity index (χ0v) is 19.1. The van der Waals surface area contributed by atoms with E-state index in [1.807, 2.05) is 20.8 Å². The Bertz CT molecular complexity index is 883. The summed E-state index contributed by atoms with van der Waals surface area (Å²) in [6.45, 7) is 11.8. The summed E-state index contributed by atoms with van der Waals surface area (Å²) in [5.41, 5.74) is -0.320. The number of hydrogen-bond acceptors (Lipinski definition) is 5.